The van der Waals surface area contributed by atoms with E-state index in [1.807, 2.05) is 0 Å². The predicted molar refractivity (Wildman–Crippen MR) is 65.8 cm³/mol. The van der Waals surface area contributed by atoms with Gasteiger partial charge in [0.05, 0.1) is 0 Å². The fourth-order valence-corrected chi connectivity index (χ4v) is 1.46. The highest BCUT2D eigenvalue weighted by atomic mass is 19.4. The number of hydrogen-bond donors (Lipinski definition) is 2. The molecular formula is C12H9F9N2O2. The van der Waals surface area contributed by atoms with Crippen LogP contribution in [0.3, 0.4) is 0 Å². The maximum Gasteiger partial charge on any atom is 0.573 e. The number of rotatable bonds is 3. The summed E-state index contributed by atoms with van der Waals surface area (Å²) >= 11 is 0. The molecular weight excluding hydrogens is 375 g/mol. The average molecular weight is 384 g/mol. The Kier molecular flexibility index (Phi) is 5.40. The number of amides is 2. The summed E-state index contributed by atoms with van der Waals surface area (Å²) in [6.45, 7) is -0.296. The number of carbonyl (C=O) groups excluding carboxylic acids is 1. The van der Waals surface area contributed by atoms with Gasteiger partial charge in [0.25, 0.3) is 0 Å². The summed E-state index contributed by atoms with van der Waals surface area (Å²) in [6.07, 6.45) is -16.8. The Morgan fingerprint density at radius 3 is 1.92 bits per heavy atom. The fourth-order valence-electron chi connectivity index (χ4n) is 1.46. The largest absolute Gasteiger partial charge is 0.573 e. The molecule has 0 heterocycles. The summed E-state index contributed by atoms with van der Waals surface area (Å²) in [5.74, 6) is -0.834. The zero-order chi connectivity index (χ0) is 19.7. The molecule has 0 spiro atoms. The first-order chi connectivity index (χ1) is 11.1. The molecule has 2 amide bonds. The van der Waals surface area contributed by atoms with Gasteiger partial charge < -0.3 is 15.4 Å². The smallest absolute Gasteiger partial charge is 0.406 e. The minimum atomic E-state index is -5.87. The second kappa shape index (κ2) is 6.52. The quantitative estimate of drug-likeness (QED) is 0.749. The van der Waals surface area contributed by atoms with Crippen molar-refractivity contribution in [2.75, 3.05) is 5.32 Å². The second-order valence-electron chi connectivity index (χ2n) is 4.78. The van der Waals surface area contributed by atoms with E-state index in [9.17, 15) is 44.3 Å². The zero-order valence-electron chi connectivity index (χ0n) is 12.0. The van der Waals surface area contributed by atoms with Crippen molar-refractivity contribution < 1.29 is 49.0 Å². The van der Waals surface area contributed by atoms with Crippen molar-refractivity contribution in [2.45, 2.75) is 31.2 Å². The lowest BCUT2D eigenvalue weighted by molar-refractivity contribution is -0.297. The Morgan fingerprint density at radius 1 is 0.960 bits per heavy atom. The molecule has 0 atom stereocenters. The number of alkyl halides is 9. The molecule has 0 aliphatic rings. The van der Waals surface area contributed by atoms with Gasteiger partial charge >= 0.3 is 24.7 Å². The van der Waals surface area contributed by atoms with Crippen molar-refractivity contribution in [3.05, 3.63) is 24.3 Å². The highest BCUT2D eigenvalue weighted by Gasteiger charge is 2.68. The fraction of sp³-hybridized carbons (Fsp3) is 0.417. The number of carbonyl (C=O) groups is 1. The molecule has 1 aromatic carbocycles. The third kappa shape index (κ3) is 5.32. The van der Waals surface area contributed by atoms with Crippen LogP contribution >= 0.6 is 0 Å². The van der Waals surface area contributed by atoms with Crippen LogP contribution in [0.1, 0.15) is 6.92 Å². The number of nitrogens with one attached hydrogen (secondary N) is 2. The van der Waals surface area contributed by atoms with Gasteiger partial charge in [0.2, 0.25) is 5.54 Å². The standard InChI is InChI=1S/C12H9F9N2O2/c1-9(10(13,14)15,11(16,17)18)23-8(24)22-6-3-2-4-7(5-6)25-12(19,20)21/h2-5H,1H3,(H2,22,23,24). The molecule has 0 aliphatic carbocycles. The summed E-state index contributed by atoms with van der Waals surface area (Å²) in [5.41, 5.74) is -5.09. The van der Waals surface area contributed by atoms with Gasteiger partial charge in [0.1, 0.15) is 5.75 Å². The van der Waals surface area contributed by atoms with Crippen molar-refractivity contribution >= 4 is 11.7 Å². The molecule has 0 fully saturated rings. The highest BCUT2D eigenvalue weighted by Crippen LogP contribution is 2.42. The molecule has 4 nitrogen and oxygen atoms in total. The van der Waals surface area contributed by atoms with Crippen LogP contribution in [0.15, 0.2) is 24.3 Å². The van der Waals surface area contributed by atoms with Crippen LogP contribution in [0.5, 0.6) is 5.75 Å². The average Bonchev–Trinajstić information content (AvgIpc) is 2.33. The Hall–Kier alpha value is -2.34. The first-order valence-electron chi connectivity index (χ1n) is 6.13. The summed E-state index contributed by atoms with van der Waals surface area (Å²) in [4.78, 5) is 11.4. The maximum absolute atomic E-state index is 12.6. The summed E-state index contributed by atoms with van der Waals surface area (Å²) in [7, 11) is 0. The van der Waals surface area contributed by atoms with Crippen LogP contribution in [0.25, 0.3) is 0 Å². The molecule has 0 radical (unpaired) electrons. The van der Waals surface area contributed by atoms with Gasteiger partial charge in [0.15, 0.2) is 0 Å². The van der Waals surface area contributed by atoms with E-state index in [0.29, 0.717) is 6.07 Å². The SMILES string of the molecule is CC(NC(=O)Nc1cccc(OC(F)(F)F)c1)(C(F)(F)F)C(F)(F)F. The number of urea groups is 1. The Balaban J connectivity index is 2.94. The Labute approximate surface area is 133 Å². The molecule has 142 valence electrons. The van der Waals surface area contributed by atoms with Gasteiger partial charge in [-0.25, -0.2) is 4.79 Å². The molecule has 0 unspecified atom stereocenters. The molecule has 1 rings (SSSR count). The molecule has 1 aromatic rings. The highest BCUT2D eigenvalue weighted by molar-refractivity contribution is 5.90. The lowest BCUT2D eigenvalue weighted by Crippen LogP contribution is -2.66. The van der Waals surface area contributed by atoms with E-state index >= 15 is 0 Å². The monoisotopic (exact) mass is 384 g/mol. The molecule has 0 aliphatic heterocycles. The van der Waals surface area contributed by atoms with E-state index < -0.39 is 41.7 Å². The molecule has 13 heteroatoms. The lowest BCUT2D eigenvalue weighted by Gasteiger charge is -2.34. The summed E-state index contributed by atoms with van der Waals surface area (Å²) < 4.78 is 115. The molecule has 0 saturated carbocycles. The van der Waals surface area contributed by atoms with Gasteiger partial charge in [0, 0.05) is 11.8 Å². The normalized spacial score (nSPS) is 13.4. The summed E-state index contributed by atoms with van der Waals surface area (Å²) in [6, 6.07) is 1.31. The minimum absolute atomic E-state index is 0.296. The lowest BCUT2D eigenvalue weighted by atomic mass is 10.0. The number of anilines is 1. The van der Waals surface area contributed by atoms with Crippen molar-refractivity contribution in [3.8, 4) is 5.75 Å². The molecule has 25 heavy (non-hydrogen) atoms. The van der Waals surface area contributed by atoms with Crippen LogP contribution < -0.4 is 15.4 Å². The maximum atomic E-state index is 12.6. The summed E-state index contributed by atoms with van der Waals surface area (Å²) in [5, 5.41) is 2.30. The number of halogens is 9. The minimum Gasteiger partial charge on any atom is -0.406 e. The molecule has 2 N–H and O–H groups in total. The predicted octanol–water partition coefficient (Wildman–Crippen LogP) is 4.59. The molecule has 0 aromatic heterocycles. The Morgan fingerprint density at radius 2 is 1.48 bits per heavy atom. The van der Waals surface area contributed by atoms with Gasteiger partial charge in [-0.3, -0.25) is 0 Å². The van der Waals surface area contributed by atoms with Gasteiger partial charge in [-0.15, -0.1) is 13.2 Å². The molecule has 0 saturated heterocycles. The van der Waals surface area contributed by atoms with Gasteiger partial charge in [-0.05, 0) is 19.1 Å². The first kappa shape index (κ1) is 20.7. The zero-order valence-corrected chi connectivity index (χ0v) is 12.0. The first-order valence-corrected chi connectivity index (χ1v) is 6.13. The van der Waals surface area contributed by atoms with Gasteiger partial charge in [-0.2, -0.15) is 26.3 Å². The van der Waals surface area contributed by atoms with Crippen molar-refractivity contribution in [1.82, 2.24) is 5.32 Å². The third-order valence-corrected chi connectivity index (χ3v) is 2.82. The number of hydrogen-bond acceptors (Lipinski definition) is 2. The van der Waals surface area contributed by atoms with Crippen molar-refractivity contribution in [3.63, 3.8) is 0 Å². The number of ether oxygens (including phenoxy) is 1. The van der Waals surface area contributed by atoms with Crippen LogP contribution in [0.4, 0.5) is 50.0 Å². The number of benzene rings is 1. The van der Waals surface area contributed by atoms with Crippen LogP contribution in [0, 0.1) is 0 Å². The van der Waals surface area contributed by atoms with Crippen molar-refractivity contribution in [2.24, 2.45) is 0 Å². The van der Waals surface area contributed by atoms with Crippen LogP contribution in [0.2, 0.25) is 0 Å². The molecule has 0 bridgehead atoms. The van der Waals surface area contributed by atoms with Crippen molar-refractivity contribution in [1.29, 1.82) is 0 Å². The second-order valence-corrected chi connectivity index (χ2v) is 4.78. The van der Waals surface area contributed by atoms with E-state index in [1.54, 1.807) is 5.32 Å². The topological polar surface area (TPSA) is 50.4 Å². The Bertz CT molecular complexity index is 608. The van der Waals surface area contributed by atoms with E-state index in [2.05, 4.69) is 4.74 Å². The van der Waals surface area contributed by atoms with E-state index in [0.717, 1.165) is 23.5 Å². The van der Waals surface area contributed by atoms with Crippen LogP contribution in [-0.2, 0) is 0 Å². The van der Waals surface area contributed by atoms with Crippen LogP contribution in [-0.4, -0.2) is 30.3 Å². The third-order valence-electron chi connectivity index (χ3n) is 2.82. The van der Waals surface area contributed by atoms with E-state index in [1.165, 1.54) is 0 Å². The van der Waals surface area contributed by atoms with E-state index in [-0.39, 0.29) is 6.92 Å². The van der Waals surface area contributed by atoms with E-state index in [4.69, 9.17) is 0 Å². The van der Waals surface area contributed by atoms with Gasteiger partial charge in [-0.1, -0.05) is 6.07 Å².